The van der Waals surface area contributed by atoms with E-state index in [1.165, 1.54) is 18.0 Å². The molecule has 0 radical (unpaired) electrons. The van der Waals surface area contributed by atoms with Gasteiger partial charge >= 0.3 is 5.97 Å². The lowest BCUT2D eigenvalue weighted by atomic mass is 9.77. The van der Waals surface area contributed by atoms with Gasteiger partial charge in [0.15, 0.2) is 20.7 Å². The number of esters is 1. The summed E-state index contributed by atoms with van der Waals surface area (Å²) >= 11 is 0. The van der Waals surface area contributed by atoms with Crippen molar-refractivity contribution in [2.24, 2.45) is 5.41 Å². The van der Waals surface area contributed by atoms with Crippen LogP contribution in [-0.2, 0) is 32.4 Å². The molecule has 1 aromatic carbocycles. The summed E-state index contributed by atoms with van der Waals surface area (Å²) in [6.07, 6.45) is 6.92. The number of piperidine rings is 1. The molecule has 2 aromatic rings. The van der Waals surface area contributed by atoms with Crippen LogP contribution in [0.3, 0.4) is 0 Å². The quantitative estimate of drug-likeness (QED) is 0.592. The zero-order chi connectivity index (χ0) is 24.1. The molecule has 2 fully saturated rings. The first kappa shape index (κ1) is 22.9. The third-order valence-electron chi connectivity index (χ3n) is 7.48. The molecule has 1 amide bonds. The molecule has 180 valence electrons. The van der Waals surface area contributed by atoms with E-state index in [9.17, 15) is 18.0 Å². The van der Waals surface area contributed by atoms with Crippen molar-refractivity contribution < 1.29 is 22.7 Å². The zero-order valence-electron chi connectivity index (χ0n) is 19.4. The minimum absolute atomic E-state index is 0.0142. The van der Waals surface area contributed by atoms with E-state index in [0.29, 0.717) is 31.0 Å². The van der Waals surface area contributed by atoms with Crippen molar-refractivity contribution >= 4 is 27.5 Å². The number of sulfone groups is 1. The standard InChI is InChI=1S/C24H28N4O5S/c1-16-17(3-4-18-19(16)14-33-23(18)30)5-8-27-9-6-24(7-10-27)11-22(29)28(15-24)20-12-26-21(13-25-20)34(2,31)32/h3-4,12-13H,5-11,14-15H2,1-2H3. The second-order valence-corrected chi connectivity index (χ2v) is 11.6. The number of aromatic nitrogens is 2. The monoisotopic (exact) mass is 484 g/mol. The van der Waals surface area contributed by atoms with Gasteiger partial charge in [-0.05, 0) is 61.9 Å². The SMILES string of the molecule is Cc1c(CCN2CCC3(CC2)CC(=O)N(c2cnc(S(C)(=O)=O)cn2)C3)ccc2c1COC2=O. The summed E-state index contributed by atoms with van der Waals surface area (Å²) in [7, 11) is -3.43. The number of nitrogens with zero attached hydrogens (tertiary/aromatic N) is 4. The molecule has 3 aliphatic heterocycles. The van der Waals surface area contributed by atoms with E-state index in [1.54, 1.807) is 4.90 Å². The van der Waals surface area contributed by atoms with E-state index in [-0.39, 0.29) is 22.3 Å². The lowest BCUT2D eigenvalue weighted by Gasteiger charge is -2.38. The molecule has 10 heteroatoms. The van der Waals surface area contributed by atoms with Gasteiger partial charge in [-0.25, -0.2) is 23.2 Å². The molecule has 0 aliphatic carbocycles. The number of carbonyl (C=O) groups is 2. The van der Waals surface area contributed by atoms with Crippen LogP contribution in [0.1, 0.15) is 46.3 Å². The van der Waals surface area contributed by atoms with E-state index in [2.05, 4.69) is 21.8 Å². The van der Waals surface area contributed by atoms with Gasteiger partial charge in [0.25, 0.3) is 0 Å². The Bertz CT molecular complexity index is 1250. The lowest BCUT2D eigenvalue weighted by molar-refractivity contribution is -0.118. The van der Waals surface area contributed by atoms with Crippen LogP contribution in [-0.4, -0.2) is 67.6 Å². The fourth-order valence-corrected chi connectivity index (χ4v) is 5.77. The van der Waals surface area contributed by atoms with Crippen LogP contribution < -0.4 is 4.90 Å². The highest BCUT2D eigenvalue weighted by molar-refractivity contribution is 7.90. The van der Waals surface area contributed by atoms with Gasteiger partial charge in [-0.2, -0.15) is 0 Å². The Morgan fingerprint density at radius 1 is 1.12 bits per heavy atom. The van der Waals surface area contributed by atoms with E-state index in [1.807, 2.05) is 12.1 Å². The molecular formula is C24H28N4O5S. The molecule has 0 saturated carbocycles. The Morgan fingerprint density at radius 2 is 1.88 bits per heavy atom. The van der Waals surface area contributed by atoms with Crippen LogP contribution in [0.25, 0.3) is 0 Å². The van der Waals surface area contributed by atoms with Crippen molar-refractivity contribution in [1.29, 1.82) is 0 Å². The Morgan fingerprint density at radius 3 is 2.56 bits per heavy atom. The number of cyclic esters (lactones) is 1. The van der Waals surface area contributed by atoms with Crippen molar-refractivity contribution in [3.63, 3.8) is 0 Å². The minimum Gasteiger partial charge on any atom is -0.457 e. The molecular weight excluding hydrogens is 456 g/mol. The molecule has 5 rings (SSSR count). The van der Waals surface area contributed by atoms with E-state index in [0.717, 1.165) is 56.3 Å². The highest BCUT2D eigenvalue weighted by atomic mass is 32.2. The van der Waals surface area contributed by atoms with Gasteiger partial charge in [-0.15, -0.1) is 0 Å². The Labute approximate surface area is 199 Å². The average Bonchev–Trinajstić information content (AvgIpc) is 3.34. The Kier molecular flexibility index (Phi) is 5.68. The van der Waals surface area contributed by atoms with Gasteiger partial charge in [0.1, 0.15) is 6.61 Å². The number of anilines is 1. The van der Waals surface area contributed by atoms with Gasteiger partial charge in [-0.3, -0.25) is 9.69 Å². The topological polar surface area (TPSA) is 110 Å². The Hall–Kier alpha value is -2.85. The fourth-order valence-electron chi connectivity index (χ4n) is 5.28. The molecule has 3 aliphatic rings. The van der Waals surface area contributed by atoms with Crippen LogP contribution in [0.15, 0.2) is 29.6 Å². The first-order valence-electron chi connectivity index (χ1n) is 11.5. The summed E-state index contributed by atoms with van der Waals surface area (Å²) in [6.45, 7) is 5.79. The van der Waals surface area contributed by atoms with Crippen molar-refractivity contribution in [1.82, 2.24) is 14.9 Å². The van der Waals surface area contributed by atoms with Gasteiger partial charge in [0.05, 0.1) is 18.0 Å². The van der Waals surface area contributed by atoms with Gasteiger partial charge in [0, 0.05) is 31.3 Å². The van der Waals surface area contributed by atoms with Crippen molar-refractivity contribution in [3.8, 4) is 0 Å². The third-order valence-corrected chi connectivity index (χ3v) is 8.45. The second-order valence-electron chi connectivity index (χ2n) is 9.69. The van der Waals surface area contributed by atoms with Gasteiger partial charge in [0.2, 0.25) is 5.91 Å². The molecule has 34 heavy (non-hydrogen) atoms. The van der Waals surface area contributed by atoms with Gasteiger partial charge in [-0.1, -0.05) is 6.07 Å². The van der Waals surface area contributed by atoms with Crippen LogP contribution in [0.2, 0.25) is 0 Å². The maximum atomic E-state index is 12.8. The van der Waals surface area contributed by atoms with Crippen LogP contribution in [0.5, 0.6) is 0 Å². The molecule has 0 atom stereocenters. The van der Waals surface area contributed by atoms with E-state index >= 15 is 0 Å². The number of carbonyl (C=O) groups excluding carboxylic acids is 2. The average molecular weight is 485 g/mol. The van der Waals surface area contributed by atoms with E-state index < -0.39 is 9.84 Å². The smallest absolute Gasteiger partial charge is 0.338 e. The number of rotatable bonds is 5. The minimum atomic E-state index is -3.43. The Balaban J connectivity index is 1.18. The normalized spacial score (nSPS) is 20.1. The molecule has 2 saturated heterocycles. The number of hydrogen-bond acceptors (Lipinski definition) is 8. The molecule has 0 unspecified atom stereocenters. The molecule has 1 spiro atoms. The van der Waals surface area contributed by atoms with E-state index in [4.69, 9.17) is 4.74 Å². The first-order valence-corrected chi connectivity index (χ1v) is 13.4. The largest absolute Gasteiger partial charge is 0.457 e. The van der Waals surface area contributed by atoms with Crippen molar-refractivity contribution in [3.05, 3.63) is 46.8 Å². The number of ether oxygens (including phenoxy) is 1. The zero-order valence-corrected chi connectivity index (χ0v) is 20.2. The van der Waals surface area contributed by atoms with Crippen LogP contribution in [0, 0.1) is 12.3 Å². The maximum Gasteiger partial charge on any atom is 0.338 e. The molecule has 9 nitrogen and oxygen atoms in total. The van der Waals surface area contributed by atoms with Crippen LogP contribution in [0.4, 0.5) is 5.82 Å². The highest BCUT2D eigenvalue weighted by Gasteiger charge is 2.45. The third kappa shape index (κ3) is 4.20. The van der Waals surface area contributed by atoms with Crippen molar-refractivity contribution in [2.75, 3.05) is 37.3 Å². The first-order chi connectivity index (χ1) is 16.2. The number of amides is 1. The number of likely N-dealkylation sites (tertiary alicyclic amines) is 1. The van der Waals surface area contributed by atoms with Gasteiger partial charge < -0.3 is 9.64 Å². The lowest BCUT2D eigenvalue weighted by Crippen LogP contribution is -2.42. The molecule has 0 bridgehead atoms. The number of fused-ring (bicyclic) bond motifs is 1. The predicted molar refractivity (Wildman–Crippen MR) is 124 cm³/mol. The highest BCUT2D eigenvalue weighted by Crippen LogP contribution is 2.42. The summed E-state index contributed by atoms with van der Waals surface area (Å²) in [4.78, 5) is 36.8. The van der Waals surface area contributed by atoms with Crippen molar-refractivity contribution in [2.45, 2.75) is 44.2 Å². The number of benzene rings is 1. The molecule has 4 heterocycles. The summed E-state index contributed by atoms with van der Waals surface area (Å²) in [6, 6.07) is 3.91. The number of hydrogen-bond donors (Lipinski definition) is 0. The maximum absolute atomic E-state index is 12.8. The molecule has 0 N–H and O–H groups in total. The predicted octanol–water partition coefficient (Wildman–Crippen LogP) is 1.92. The summed E-state index contributed by atoms with van der Waals surface area (Å²) in [5.74, 6) is 0.190. The summed E-state index contributed by atoms with van der Waals surface area (Å²) in [5.41, 5.74) is 4.02. The summed E-state index contributed by atoms with van der Waals surface area (Å²) < 4.78 is 28.4. The fraction of sp³-hybridized carbons (Fsp3) is 0.500. The second kappa shape index (κ2) is 8.42. The molecule has 1 aromatic heterocycles. The van der Waals surface area contributed by atoms with Crippen LogP contribution >= 0.6 is 0 Å². The summed E-state index contributed by atoms with van der Waals surface area (Å²) in [5, 5.41) is -0.0938.